The zero-order valence-electron chi connectivity index (χ0n) is 13.6. The standard InChI is InChI=1S/C19H28N2O/c1-15(21-11-5-6-12-21)14-20-19(22)13-18(17-9-10-17)16-7-3-2-4-8-16/h2-4,7-8,15,17-18H,5-6,9-14H2,1H3,(H,20,22). The van der Waals surface area contributed by atoms with E-state index in [0.29, 0.717) is 24.3 Å². The molecule has 2 unspecified atom stereocenters. The van der Waals surface area contributed by atoms with Gasteiger partial charge in [-0.2, -0.15) is 0 Å². The lowest BCUT2D eigenvalue weighted by Crippen LogP contribution is -2.41. The zero-order valence-corrected chi connectivity index (χ0v) is 13.6. The summed E-state index contributed by atoms with van der Waals surface area (Å²) in [5, 5.41) is 3.16. The van der Waals surface area contributed by atoms with Gasteiger partial charge in [0.15, 0.2) is 0 Å². The van der Waals surface area contributed by atoms with E-state index >= 15 is 0 Å². The van der Waals surface area contributed by atoms with Crippen LogP contribution in [0.1, 0.15) is 50.5 Å². The summed E-state index contributed by atoms with van der Waals surface area (Å²) in [6, 6.07) is 11.0. The SMILES string of the molecule is CC(CNC(=O)CC(c1ccccc1)C1CC1)N1CCCC1. The van der Waals surface area contributed by atoms with E-state index in [1.54, 1.807) is 0 Å². The molecule has 1 aliphatic carbocycles. The second kappa shape index (κ2) is 7.28. The summed E-state index contributed by atoms with van der Waals surface area (Å²) in [5.74, 6) is 1.33. The normalized spacial score (nSPS) is 21.5. The summed E-state index contributed by atoms with van der Waals surface area (Å²) < 4.78 is 0. The van der Waals surface area contributed by atoms with Crippen molar-refractivity contribution in [3.63, 3.8) is 0 Å². The van der Waals surface area contributed by atoms with Gasteiger partial charge in [0.25, 0.3) is 0 Å². The van der Waals surface area contributed by atoms with E-state index in [2.05, 4.69) is 41.4 Å². The van der Waals surface area contributed by atoms with Crippen molar-refractivity contribution < 1.29 is 4.79 Å². The first-order valence-corrected chi connectivity index (χ1v) is 8.79. The van der Waals surface area contributed by atoms with Crippen molar-refractivity contribution in [3.8, 4) is 0 Å². The minimum Gasteiger partial charge on any atom is -0.355 e. The fourth-order valence-electron chi connectivity index (χ4n) is 3.60. The lowest BCUT2D eigenvalue weighted by molar-refractivity contribution is -0.121. The van der Waals surface area contributed by atoms with Crippen LogP contribution in [0.3, 0.4) is 0 Å². The fraction of sp³-hybridized carbons (Fsp3) is 0.632. The van der Waals surface area contributed by atoms with Crippen molar-refractivity contribution >= 4 is 5.91 Å². The lowest BCUT2D eigenvalue weighted by Gasteiger charge is -2.24. The topological polar surface area (TPSA) is 32.3 Å². The first-order valence-electron chi connectivity index (χ1n) is 8.79. The summed E-state index contributed by atoms with van der Waals surface area (Å²) in [4.78, 5) is 14.8. The van der Waals surface area contributed by atoms with Crippen molar-refractivity contribution in [1.82, 2.24) is 10.2 Å². The molecule has 3 nitrogen and oxygen atoms in total. The van der Waals surface area contributed by atoms with E-state index in [9.17, 15) is 4.79 Å². The van der Waals surface area contributed by atoms with E-state index < -0.39 is 0 Å². The third kappa shape index (κ3) is 4.10. The highest BCUT2D eigenvalue weighted by atomic mass is 16.1. The van der Waals surface area contributed by atoms with Crippen LogP contribution in [0.15, 0.2) is 30.3 Å². The highest BCUT2D eigenvalue weighted by molar-refractivity contribution is 5.77. The monoisotopic (exact) mass is 300 g/mol. The van der Waals surface area contributed by atoms with Crippen LogP contribution in [0.5, 0.6) is 0 Å². The van der Waals surface area contributed by atoms with E-state index in [4.69, 9.17) is 0 Å². The minimum absolute atomic E-state index is 0.215. The number of benzene rings is 1. The van der Waals surface area contributed by atoms with Crippen molar-refractivity contribution in [2.24, 2.45) is 5.92 Å². The Balaban J connectivity index is 1.49. The van der Waals surface area contributed by atoms with Gasteiger partial charge in [-0.05, 0) is 63.1 Å². The van der Waals surface area contributed by atoms with Gasteiger partial charge in [-0.1, -0.05) is 30.3 Å². The second-order valence-corrected chi connectivity index (χ2v) is 6.95. The van der Waals surface area contributed by atoms with Gasteiger partial charge in [0.1, 0.15) is 0 Å². The van der Waals surface area contributed by atoms with Crippen LogP contribution in [0.2, 0.25) is 0 Å². The Labute approximate surface area is 134 Å². The van der Waals surface area contributed by atoms with Gasteiger partial charge in [0.05, 0.1) is 0 Å². The summed E-state index contributed by atoms with van der Waals surface area (Å²) in [5.41, 5.74) is 1.33. The molecule has 3 rings (SSSR count). The molecule has 1 aromatic rings. The van der Waals surface area contributed by atoms with E-state index in [1.807, 2.05) is 6.07 Å². The Bertz CT molecular complexity index is 477. The molecule has 0 radical (unpaired) electrons. The lowest BCUT2D eigenvalue weighted by atomic mass is 9.91. The molecule has 1 N–H and O–H groups in total. The van der Waals surface area contributed by atoms with Gasteiger partial charge in [0.2, 0.25) is 5.91 Å². The predicted octanol–water partition coefficient (Wildman–Crippen LogP) is 3.17. The van der Waals surface area contributed by atoms with Crippen LogP contribution in [-0.2, 0) is 4.79 Å². The first-order chi connectivity index (χ1) is 10.7. The predicted molar refractivity (Wildman–Crippen MR) is 89.8 cm³/mol. The van der Waals surface area contributed by atoms with Gasteiger partial charge in [-0.3, -0.25) is 9.69 Å². The van der Waals surface area contributed by atoms with Gasteiger partial charge in [-0.15, -0.1) is 0 Å². The maximum atomic E-state index is 12.3. The molecule has 0 spiro atoms. The number of carbonyl (C=O) groups is 1. The fourth-order valence-corrected chi connectivity index (χ4v) is 3.60. The molecule has 1 aliphatic heterocycles. The Morgan fingerprint density at radius 2 is 1.91 bits per heavy atom. The van der Waals surface area contributed by atoms with Crippen LogP contribution < -0.4 is 5.32 Å². The number of likely N-dealkylation sites (tertiary alicyclic amines) is 1. The summed E-state index contributed by atoms with van der Waals surface area (Å²) in [6.07, 6.45) is 5.79. The summed E-state index contributed by atoms with van der Waals surface area (Å²) >= 11 is 0. The van der Waals surface area contributed by atoms with Crippen molar-refractivity contribution in [2.75, 3.05) is 19.6 Å². The quantitative estimate of drug-likeness (QED) is 0.839. The summed E-state index contributed by atoms with van der Waals surface area (Å²) in [7, 11) is 0. The maximum Gasteiger partial charge on any atom is 0.220 e. The molecule has 3 heteroatoms. The molecule has 0 aromatic heterocycles. The number of carbonyl (C=O) groups excluding carboxylic acids is 1. The zero-order chi connectivity index (χ0) is 15.4. The number of rotatable bonds is 7. The van der Waals surface area contributed by atoms with Gasteiger partial charge < -0.3 is 5.32 Å². The number of hydrogen-bond acceptors (Lipinski definition) is 2. The third-order valence-electron chi connectivity index (χ3n) is 5.18. The molecule has 1 saturated heterocycles. The molecule has 22 heavy (non-hydrogen) atoms. The number of hydrogen-bond donors (Lipinski definition) is 1. The number of amides is 1. The van der Waals surface area contributed by atoms with Crippen LogP contribution in [-0.4, -0.2) is 36.5 Å². The van der Waals surface area contributed by atoms with E-state index in [-0.39, 0.29) is 5.91 Å². The Hall–Kier alpha value is -1.35. The molecule has 1 aromatic carbocycles. The summed E-state index contributed by atoms with van der Waals surface area (Å²) in [6.45, 7) is 5.38. The average Bonchev–Trinajstić information content (AvgIpc) is 3.24. The molecular weight excluding hydrogens is 272 g/mol. The highest BCUT2D eigenvalue weighted by Crippen LogP contribution is 2.44. The van der Waals surface area contributed by atoms with Crippen LogP contribution in [0.4, 0.5) is 0 Å². The Kier molecular flexibility index (Phi) is 5.14. The minimum atomic E-state index is 0.215. The first kappa shape index (κ1) is 15.5. The maximum absolute atomic E-state index is 12.3. The Morgan fingerprint density at radius 3 is 2.55 bits per heavy atom. The van der Waals surface area contributed by atoms with Crippen LogP contribution in [0, 0.1) is 5.92 Å². The largest absolute Gasteiger partial charge is 0.355 e. The molecule has 0 bridgehead atoms. The second-order valence-electron chi connectivity index (χ2n) is 6.95. The highest BCUT2D eigenvalue weighted by Gasteiger charge is 2.33. The molecule has 1 saturated carbocycles. The molecule has 120 valence electrons. The molecule has 1 heterocycles. The average molecular weight is 300 g/mol. The number of nitrogens with zero attached hydrogens (tertiary/aromatic N) is 1. The van der Waals surface area contributed by atoms with Crippen LogP contribution in [0.25, 0.3) is 0 Å². The molecule has 2 fully saturated rings. The van der Waals surface area contributed by atoms with Crippen molar-refractivity contribution in [1.29, 1.82) is 0 Å². The molecular formula is C19H28N2O. The van der Waals surface area contributed by atoms with Crippen molar-refractivity contribution in [3.05, 3.63) is 35.9 Å². The van der Waals surface area contributed by atoms with Crippen LogP contribution >= 0.6 is 0 Å². The van der Waals surface area contributed by atoms with Gasteiger partial charge in [0, 0.05) is 19.0 Å². The Morgan fingerprint density at radius 1 is 1.23 bits per heavy atom. The third-order valence-corrected chi connectivity index (χ3v) is 5.18. The van der Waals surface area contributed by atoms with Gasteiger partial charge >= 0.3 is 0 Å². The smallest absolute Gasteiger partial charge is 0.220 e. The molecule has 2 aliphatic rings. The molecule has 1 amide bonds. The van der Waals surface area contributed by atoms with E-state index in [1.165, 1.54) is 44.3 Å². The van der Waals surface area contributed by atoms with E-state index in [0.717, 1.165) is 6.54 Å². The van der Waals surface area contributed by atoms with Crippen molar-refractivity contribution in [2.45, 2.75) is 51.0 Å². The van der Waals surface area contributed by atoms with Gasteiger partial charge in [-0.25, -0.2) is 0 Å². The number of nitrogens with one attached hydrogen (secondary N) is 1. The molecule has 2 atom stereocenters.